The minimum atomic E-state index is -1.02. The van der Waals surface area contributed by atoms with E-state index in [0.29, 0.717) is 22.0 Å². The molecule has 2 rings (SSSR count). The normalized spacial score (nSPS) is 10.2. The van der Waals surface area contributed by atoms with E-state index in [2.05, 4.69) is 5.32 Å². The van der Waals surface area contributed by atoms with Gasteiger partial charge in [-0.1, -0.05) is 23.2 Å². The Morgan fingerprint density at radius 3 is 2.56 bits per heavy atom. The van der Waals surface area contributed by atoms with Gasteiger partial charge >= 0.3 is 5.97 Å². The van der Waals surface area contributed by atoms with Crippen molar-refractivity contribution in [1.29, 1.82) is 0 Å². The second-order valence-electron chi connectivity index (χ2n) is 5.34. The van der Waals surface area contributed by atoms with E-state index in [4.69, 9.17) is 32.7 Å². The summed E-state index contributed by atoms with van der Waals surface area (Å²) in [5.74, 6) is -1.34. The van der Waals surface area contributed by atoms with Crippen LogP contribution in [0.5, 0.6) is 5.75 Å². The SMILES string of the molecule is COc1cc(Cl)c(C)cc1NC(=O)COC(=O)c1ccc(Cl)cc1[N+](=O)[O-]. The Hall–Kier alpha value is -2.84. The van der Waals surface area contributed by atoms with Gasteiger partial charge in [0.25, 0.3) is 11.6 Å². The summed E-state index contributed by atoms with van der Waals surface area (Å²) in [6.07, 6.45) is 0. The molecule has 0 heterocycles. The number of methoxy groups -OCH3 is 1. The molecule has 142 valence electrons. The van der Waals surface area contributed by atoms with Crippen LogP contribution in [-0.2, 0) is 9.53 Å². The molecule has 2 aromatic rings. The zero-order valence-corrected chi connectivity index (χ0v) is 15.8. The summed E-state index contributed by atoms with van der Waals surface area (Å²) < 4.78 is 9.99. The van der Waals surface area contributed by atoms with Gasteiger partial charge in [-0.15, -0.1) is 0 Å². The molecule has 0 fully saturated rings. The van der Waals surface area contributed by atoms with Crippen LogP contribution >= 0.6 is 23.2 Å². The number of anilines is 1. The molecule has 2 aromatic carbocycles. The fourth-order valence-corrected chi connectivity index (χ4v) is 2.47. The molecule has 0 saturated carbocycles. The van der Waals surface area contributed by atoms with Crippen molar-refractivity contribution in [3.63, 3.8) is 0 Å². The Morgan fingerprint density at radius 2 is 1.93 bits per heavy atom. The molecule has 1 amide bonds. The van der Waals surface area contributed by atoms with Crippen molar-refractivity contribution in [2.45, 2.75) is 6.92 Å². The number of carbonyl (C=O) groups excluding carboxylic acids is 2. The molecule has 10 heteroatoms. The van der Waals surface area contributed by atoms with Gasteiger partial charge in [-0.3, -0.25) is 14.9 Å². The third-order valence-corrected chi connectivity index (χ3v) is 4.11. The lowest BCUT2D eigenvalue weighted by Crippen LogP contribution is -2.21. The molecular formula is C17H14Cl2N2O6. The van der Waals surface area contributed by atoms with E-state index in [9.17, 15) is 19.7 Å². The number of aryl methyl sites for hydroxylation is 1. The fourth-order valence-electron chi connectivity index (χ4n) is 2.15. The van der Waals surface area contributed by atoms with Crippen LogP contribution in [0.1, 0.15) is 15.9 Å². The lowest BCUT2D eigenvalue weighted by molar-refractivity contribution is -0.385. The van der Waals surface area contributed by atoms with Crippen LogP contribution in [0, 0.1) is 17.0 Å². The monoisotopic (exact) mass is 412 g/mol. The third kappa shape index (κ3) is 5.08. The second kappa shape index (κ2) is 8.70. The number of nitro groups is 1. The van der Waals surface area contributed by atoms with E-state index in [1.54, 1.807) is 13.0 Å². The summed E-state index contributed by atoms with van der Waals surface area (Å²) in [6.45, 7) is 1.10. The van der Waals surface area contributed by atoms with Gasteiger partial charge in [0.2, 0.25) is 0 Å². The number of nitro benzene ring substituents is 1. The number of halogens is 2. The first-order valence-corrected chi connectivity index (χ1v) is 8.23. The average molecular weight is 413 g/mol. The number of hydrogen-bond acceptors (Lipinski definition) is 6. The maximum absolute atomic E-state index is 12.1. The molecule has 0 unspecified atom stereocenters. The van der Waals surface area contributed by atoms with Crippen molar-refractivity contribution in [2.75, 3.05) is 19.0 Å². The molecule has 8 nitrogen and oxygen atoms in total. The summed E-state index contributed by atoms with van der Waals surface area (Å²) in [4.78, 5) is 34.4. The molecule has 0 aliphatic carbocycles. The van der Waals surface area contributed by atoms with E-state index < -0.39 is 29.1 Å². The molecule has 0 aliphatic rings. The fraction of sp³-hybridized carbons (Fsp3) is 0.176. The van der Waals surface area contributed by atoms with Gasteiger partial charge in [0, 0.05) is 22.2 Å². The van der Waals surface area contributed by atoms with Crippen LogP contribution in [0.15, 0.2) is 30.3 Å². The number of rotatable bonds is 6. The topological polar surface area (TPSA) is 108 Å². The Balaban J connectivity index is 2.07. The minimum Gasteiger partial charge on any atom is -0.495 e. The first-order valence-electron chi connectivity index (χ1n) is 7.48. The van der Waals surface area contributed by atoms with Crippen molar-refractivity contribution < 1.29 is 24.0 Å². The van der Waals surface area contributed by atoms with Gasteiger partial charge < -0.3 is 14.8 Å². The number of esters is 1. The number of hydrogen-bond donors (Lipinski definition) is 1. The highest BCUT2D eigenvalue weighted by Crippen LogP contribution is 2.31. The smallest absolute Gasteiger partial charge is 0.345 e. The molecule has 0 aliphatic heterocycles. The van der Waals surface area contributed by atoms with Crippen LogP contribution in [-0.4, -0.2) is 30.5 Å². The standard InChI is InChI=1S/C17H14Cl2N2O6/c1-9-5-13(15(26-2)7-12(9)19)20-16(22)8-27-17(23)11-4-3-10(18)6-14(11)21(24)25/h3-7H,8H2,1-2H3,(H,20,22). The summed E-state index contributed by atoms with van der Waals surface area (Å²) in [5.41, 5.74) is 0.236. The highest BCUT2D eigenvalue weighted by atomic mass is 35.5. The Labute approximate surface area is 164 Å². The minimum absolute atomic E-state index is 0.0983. The molecule has 0 radical (unpaired) electrons. The number of nitrogens with one attached hydrogen (secondary N) is 1. The maximum atomic E-state index is 12.1. The molecule has 0 bridgehead atoms. The van der Waals surface area contributed by atoms with Crippen LogP contribution in [0.25, 0.3) is 0 Å². The van der Waals surface area contributed by atoms with E-state index in [1.807, 2.05) is 0 Å². The number of ether oxygens (including phenoxy) is 2. The largest absolute Gasteiger partial charge is 0.495 e. The van der Waals surface area contributed by atoms with Gasteiger partial charge in [-0.2, -0.15) is 0 Å². The summed E-state index contributed by atoms with van der Waals surface area (Å²) in [6, 6.07) is 6.64. The van der Waals surface area contributed by atoms with Crippen LogP contribution in [0.2, 0.25) is 10.0 Å². The molecule has 0 saturated heterocycles. The maximum Gasteiger partial charge on any atom is 0.345 e. The lowest BCUT2D eigenvalue weighted by Gasteiger charge is -2.12. The third-order valence-electron chi connectivity index (χ3n) is 3.47. The predicted molar refractivity (Wildman–Crippen MR) is 99.8 cm³/mol. The number of amides is 1. The molecule has 0 spiro atoms. The predicted octanol–water partition coefficient (Wildman–Crippen LogP) is 4.01. The highest BCUT2D eigenvalue weighted by Gasteiger charge is 2.22. The zero-order valence-electron chi connectivity index (χ0n) is 14.2. The van der Waals surface area contributed by atoms with Gasteiger partial charge in [-0.05, 0) is 30.7 Å². The second-order valence-corrected chi connectivity index (χ2v) is 6.19. The van der Waals surface area contributed by atoms with E-state index in [0.717, 1.165) is 12.1 Å². The first-order chi connectivity index (χ1) is 12.7. The van der Waals surface area contributed by atoms with Crippen molar-refractivity contribution in [1.82, 2.24) is 0 Å². The number of benzene rings is 2. The van der Waals surface area contributed by atoms with Crippen molar-refractivity contribution in [3.8, 4) is 5.75 Å². The van der Waals surface area contributed by atoms with Crippen LogP contribution < -0.4 is 10.1 Å². The highest BCUT2D eigenvalue weighted by molar-refractivity contribution is 6.31. The van der Waals surface area contributed by atoms with Gasteiger partial charge in [0.1, 0.15) is 11.3 Å². The molecule has 27 heavy (non-hydrogen) atoms. The molecular weight excluding hydrogens is 399 g/mol. The number of carbonyl (C=O) groups is 2. The first kappa shape index (κ1) is 20.5. The van der Waals surface area contributed by atoms with Gasteiger partial charge in [-0.25, -0.2) is 4.79 Å². The van der Waals surface area contributed by atoms with Crippen LogP contribution in [0.4, 0.5) is 11.4 Å². The van der Waals surface area contributed by atoms with E-state index in [1.165, 1.54) is 19.2 Å². The number of nitrogens with zero attached hydrogens (tertiary/aromatic N) is 1. The van der Waals surface area contributed by atoms with E-state index >= 15 is 0 Å². The molecule has 0 aromatic heterocycles. The summed E-state index contributed by atoms with van der Waals surface area (Å²) in [7, 11) is 1.41. The molecule has 0 atom stereocenters. The zero-order chi connectivity index (χ0) is 20.1. The summed E-state index contributed by atoms with van der Waals surface area (Å²) >= 11 is 11.7. The van der Waals surface area contributed by atoms with Crippen LogP contribution in [0.3, 0.4) is 0 Å². The Kier molecular flexibility index (Phi) is 6.59. The van der Waals surface area contributed by atoms with Gasteiger partial charge in [0.05, 0.1) is 17.7 Å². The lowest BCUT2D eigenvalue weighted by atomic mass is 10.2. The van der Waals surface area contributed by atoms with Crippen molar-refractivity contribution >= 4 is 46.5 Å². The van der Waals surface area contributed by atoms with Gasteiger partial charge in [0.15, 0.2) is 6.61 Å². The Morgan fingerprint density at radius 1 is 1.22 bits per heavy atom. The summed E-state index contributed by atoms with van der Waals surface area (Å²) in [5, 5.41) is 14.1. The quantitative estimate of drug-likeness (QED) is 0.436. The molecule has 1 N–H and O–H groups in total. The van der Waals surface area contributed by atoms with E-state index in [-0.39, 0.29) is 10.6 Å². The Bertz CT molecular complexity index is 917. The van der Waals surface area contributed by atoms with Crippen molar-refractivity contribution in [3.05, 3.63) is 61.6 Å². The average Bonchev–Trinajstić information content (AvgIpc) is 2.62. The van der Waals surface area contributed by atoms with Crippen molar-refractivity contribution in [2.24, 2.45) is 0 Å².